The van der Waals surface area contributed by atoms with Crippen molar-refractivity contribution >= 4 is 22.6 Å². The number of carbonyl (C=O) groups excluding carboxylic acids is 1. The van der Waals surface area contributed by atoms with Crippen LogP contribution in [0.15, 0.2) is 69.9 Å². The van der Waals surface area contributed by atoms with Gasteiger partial charge in [0, 0.05) is 5.69 Å². The fourth-order valence-electron chi connectivity index (χ4n) is 4.42. The van der Waals surface area contributed by atoms with Crippen molar-refractivity contribution in [3.8, 4) is 11.5 Å². The molecular weight excluding hydrogens is 418 g/mol. The SMILES string of the molecule is COc1ccc(C2c3c(oc4cc(C)c(C)cc4c3=O)C(=O)N2c2ccccc2)cc1OC. The van der Waals surface area contributed by atoms with Crippen LogP contribution in [-0.4, -0.2) is 20.1 Å². The molecule has 1 atom stereocenters. The average molecular weight is 441 g/mol. The van der Waals surface area contributed by atoms with Crippen molar-refractivity contribution in [3.63, 3.8) is 0 Å². The minimum atomic E-state index is -0.669. The van der Waals surface area contributed by atoms with Crippen molar-refractivity contribution in [2.75, 3.05) is 19.1 Å². The van der Waals surface area contributed by atoms with Crippen LogP contribution in [0.1, 0.15) is 38.9 Å². The molecule has 0 N–H and O–H groups in total. The van der Waals surface area contributed by atoms with Gasteiger partial charge in [-0.2, -0.15) is 0 Å². The molecule has 0 fully saturated rings. The maximum atomic E-state index is 13.8. The quantitative estimate of drug-likeness (QED) is 0.437. The number of hydrogen-bond acceptors (Lipinski definition) is 5. The van der Waals surface area contributed by atoms with E-state index in [0.29, 0.717) is 33.7 Å². The van der Waals surface area contributed by atoms with E-state index in [1.807, 2.05) is 62.4 Å². The summed E-state index contributed by atoms with van der Waals surface area (Å²) in [5.41, 5.74) is 3.90. The van der Waals surface area contributed by atoms with Gasteiger partial charge in [0.2, 0.25) is 5.76 Å². The van der Waals surface area contributed by atoms with E-state index in [0.717, 1.165) is 16.7 Å². The van der Waals surface area contributed by atoms with E-state index >= 15 is 0 Å². The monoisotopic (exact) mass is 441 g/mol. The fourth-order valence-corrected chi connectivity index (χ4v) is 4.42. The number of nitrogens with zero attached hydrogens (tertiary/aromatic N) is 1. The number of aryl methyl sites for hydroxylation is 2. The Bertz CT molecular complexity index is 1460. The summed E-state index contributed by atoms with van der Waals surface area (Å²) >= 11 is 0. The Hall–Kier alpha value is -4.06. The van der Waals surface area contributed by atoms with E-state index in [2.05, 4.69) is 0 Å². The molecule has 1 amide bonds. The van der Waals surface area contributed by atoms with Gasteiger partial charge in [-0.1, -0.05) is 24.3 Å². The Morgan fingerprint density at radius 2 is 1.55 bits per heavy atom. The molecular formula is C27H23NO5. The van der Waals surface area contributed by atoms with Crippen LogP contribution in [0.5, 0.6) is 11.5 Å². The molecule has 1 aliphatic heterocycles. The Kier molecular flexibility index (Phi) is 4.93. The van der Waals surface area contributed by atoms with Crippen LogP contribution in [0.4, 0.5) is 5.69 Å². The summed E-state index contributed by atoms with van der Waals surface area (Å²) in [6.07, 6.45) is 0. The lowest BCUT2D eigenvalue weighted by Crippen LogP contribution is -2.29. The van der Waals surface area contributed by atoms with Crippen molar-refractivity contribution in [3.05, 3.63) is 98.9 Å². The molecule has 1 aromatic heterocycles. The third-order valence-electron chi connectivity index (χ3n) is 6.24. The van der Waals surface area contributed by atoms with Gasteiger partial charge in [-0.15, -0.1) is 0 Å². The Morgan fingerprint density at radius 3 is 2.24 bits per heavy atom. The second-order valence-electron chi connectivity index (χ2n) is 8.13. The Balaban J connectivity index is 1.82. The summed E-state index contributed by atoms with van der Waals surface area (Å²) in [6, 6.07) is 17.7. The lowest BCUT2D eigenvalue weighted by Gasteiger charge is -2.25. The van der Waals surface area contributed by atoms with Crippen molar-refractivity contribution in [1.82, 2.24) is 0 Å². The maximum absolute atomic E-state index is 13.8. The molecule has 0 bridgehead atoms. The number of benzene rings is 3. The standard InChI is InChI=1S/C27H23NO5/c1-15-12-19-21(13-16(15)2)33-26-23(25(19)29)24(17-10-11-20(31-3)22(14-17)32-4)28(27(26)30)18-8-6-5-7-9-18/h5-14,24H,1-4H3. The highest BCUT2D eigenvalue weighted by atomic mass is 16.5. The minimum Gasteiger partial charge on any atom is -0.493 e. The van der Waals surface area contributed by atoms with Gasteiger partial charge < -0.3 is 13.9 Å². The van der Waals surface area contributed by atoms with Crippen molar-refractivity contribution in [1.29, 1.82) is 0 Å². The van der Waals surface area contributed by atoms with Gasteiger partial charge in [-0.3, -0.25) is 14.5 Å². The molecule has 3 aromatic carbocycles. The second kappa shape index (κ2) is 7.81. The number of fused-ring (bicyclic) bond motifs is 2. The van der Waals surface area contributed by atoms with E-state index in [1.165, 1.54) is 0 Å². The normalized spacial score (nSPS) is 15.1. The van der Waals surface area contributed by atoms with Gasteiger partial charge in [-0.25, -0.2) is 0 Å². The Morgan fingerprint density at radius 1 is 0.848 bits per heavy atom. The molecule has 2 heterocycles. The van der Waals surface area contributed by atoms with Crippen LogP contribution < -0.4 is 19.8 Å². The molecule has 0 saturated carbocycles. The molecule has 4 aromatic rings. The van der Waals surface area contributed by atoms with Gasteiger partial charge in [0.1, 0.15) is 5.58 Å². The number of ether oxygens (including phenoxy) is 2. The summed E-state index contributed by atoms with van der Waals surface area (Å²) in [4.78, 5) is 29.0. The molecule has 6 heteroatoms. The summed E-state index contributed by atoms with van der Waals surface area (Å²) in [6.45, 7) is 3.90. The first-order valence-corrected chi connectivity index (χ1v) is 10.6. The number of rotatable bonds is 4. The van der Waals surface area contributed by atoms with E-state index in [-0.39, 0.29) is 17.1 Å². The van der Waals surface area contributed by atoms with Crippen molar-refractivity contribution < 1.29 is 18.7 Å². The van der Waals surface area contributed by atoms with E-state index in [4.69, 9.17) is 13.9 Å². The van der Waals surface area contributed by atoms with Crippen LogP contribution in [0, 0.1) is 13.8 Å². The average Bonchev–Trinajstić information content (AvgIpc) is 3.13. The zero-order chi connectivity index (χ0) is 23.3. The number of hydrogen-bond donors (Lipinski definition) is 0. The van der Waals surface area contributed by atoms with Gasteiger partial charge in [0.15, 0.2) is 16.9 Å². The predicted molar refractivity (Wildman–Crippen MR) is 127 cm³/mol. The molecule has 0 spiro atoms. The molecule has 33 heavy (non-hydrogen) atoms. The first-order valence-electron chi connectivity index (χ1n) is 10.6. The second-order valence-corrected chi connectivity index (χ2v) is 8.13. The summed E-state index contributed by atoms with van der Waals surface area (Å²) in [5.74, 6) is 0.793. The van der Waals surface area contributed by atoms with Gasteiger partial charge in [0.25, 0.3) is 5.91 Å². The lowest BCUT2D eigenvalue weighted by atomic mass is 9.97. The highest BCUT2D eigenvalue weighted by Crippen LogP contribution is 2.43. The first kappa shape index (κ1) is 20.8. The number of para-hydroxylation sites is 1. The van der Waals surface area contributed by atoms with Crippen LogP contribution in [0.2, 0.25) is 0 Å². The molecule has 6 nitrogen and oxygen atoms in total. The molecule has 0 aliphatic carbocycles. The number of carbonyl (C=O) groups is 1. The zero-order valence-corrected chi connectivity index (χ0v) is 18.8. The lowest BCUT2D eigenvalue weighted by molar-refractivity contribution is 0.0971. The van der Waals surface area contributed by atoms with Gasteiger partial charge >= 0.3 is 0 Å². The third kappa shape index (κ3) is 3.18. The van der Waals surface area contributed by atoms with Crippen LogP contribution in [0.25, 0.3) is 11.0 Å². The topological polar surface area (TPSA) is 69.0 Å². The first-order chi connectivity index (χ1) is 15.9. The van der Waals surface area contributed by atoms with E-state index in [9.17, 15) is 9.59 Å². The Labute approximate surface area is 191 Å². The summed E-state index contributed by atoms with van der Waals surface area (Å²) < 4.78 is 17.0. The minimum absolute atomic E-state index is 0.0689. The van der Waals surface area contributed by atoms with Crippen molar-refractivity contribution in [2.45, 2.75) is 19.9 Å². The van der Waals surface area contributed by atoms with Crippen LogP contribution in [-0.2, 0) is 0 Å². The highest BCUT2D eigenvalue weighted by molar-refractivity contribution is 6.10. The molecule has 0 saturated heterocycles. The molecule has 1 unspecified atom stereocenters. The molecule has 0 radical (unpaired) electrons. The maximum Gasteiger partial charge on any atom is 0.295 e. The number of anilines is 1. The summed E-state index contributed by atoms with van der Waals surface area (Å²) in [5, 5.41) is 0.463. The predicted octanol–water partition coefficient (Wildman–Crippen LogP) is 5.18. The van der Waals surface area contributed by atoms with Crippen LogP contribution >= 0.6 is 0 Å². The zero-order valence-electron chi connectivity index (χ0n) is 18.8. The van der Waals surface area contributed by atoms with Crippen molar-refractivity contribution in [2.24, 2.45) is 0 Å². The van der Waals surface area contributed by atoms with Crippen LogP contribution in [0.3, 0.4) is 0 Å². The van der Waals surface area contributed by atoms with Gasteiger partial charge in [0.05, 0.1) is 31.2 Å². The smallest absolute Gasteiger partial charge is 0.295 e. The molecule has 1 aliphatic rings. The summed E-state index contributed by atoms with van der Waals surface area (Å²) in [7, 11) is 3.12. The number of methoxy groups -OCH3 is 2. The molecule has 166 valence electrons. The van der Waals surface area contributed by atoms with E-state index < -0.39 is 6.04 Å². The third-order valence-corrected chi connectivity index (χ3v) is 6.24. The van der Waals surface area contributed by atoms with E-state index in [1.54, 1.807) is 31.3 Å². The largest absolute Gasteiger partial charge is 0.493 e. The highest BCUT2D eigenvalue weighted by Gasteiger charge is 2.43. The molecule has 5 rings (SSSR count). The van der Waals surface area contributed by atoms with Gasteiger partial charge in [-0.05, 0) is 66.9 Å². The number of amides is 1. The fraction of sp³-hybridized carbons (Fsp3) is 0.185.